The van der Waals surface area contributed by atoms with E-state index in [-0.39, 0.29) is 0 Å². The SMILES string of the molecule is CSCC(C)N(C)c1nc2c(cc1C(N)=S)CCC2. The summed E-state index contributed by atoms with van der Waals surface area (Å²) in [6.45, 7) is 2.20. The van der Waals surface area contributed by atoms with E-state index in [2.05, 4.69) is 31.2 Å². The van der Waals surface area contributed by atoms with Crippen LogP contribution in [-0.4, -0.2) is 35.1 Å². The Balaban J connectivity index is 2.40. The molecule has 5 heteroatoms. The molecule has 1 aliphatic carbocycles. The largest absolute Gasteiger partial charge is 0.389 e. The third-order valence-electron chi connectivity index (χ3n) is 3.70. The topological polar surface area (TPSA) is 42.2 Å². The fraction of sp³-hybridized carbons (Fsp3) is 0.571. The lowest BCUT2D eigenvalue weighted by Crippen LogP contribution is -2.33. The number of fused-ring (bicyclic) bond motifs is 1. The van der Waals surface area contributed by atoms with E-state index in [4.69, 9.17) is 22.9 Å². The van der Waals surface area contributed by atoms with Crippen LogP contribution in [0.2, 0.25) is 0 Å². The molecule has 2 N–H and O–H groups in total. The molecule has 19 heavy (non-hydrogen) atoms. The van der Waals surface area contributed by atoms with Crippen molar-refractivity contribution in [3.8, 4) is 0 Å². The number of rotatable bonds is 5. The first-order valence-corrected chi connectivity index (χ1v) is 8.39. The van der Waals surface area contributed by atoms with Gasteiger partial charge in [-0.15, -0.1) is 0 Å². The molecule has 1 atom stereocenters. The lowest BCUT2D eigenvalue weighted by Gasteiger charge is -2.28. The van der Waals surface area contributed by atoms with Gasteiger partial charge in [0.15, 0.2) is 0 Å². The summed E-state index contributed by atoms with van der Waals surface area (Å²) in [5, 5.41) is 0. The smallest absolute Gasteiger partial charge is 0.139 e. The third kappa shape index (κ3) is 3.03. The average Bonchev–Trinajstić information content (AvgIpc) is 2.83. The molecule has 0 amide bonds. The first-order valence-electron chi connectivity index (χ1n) is 6.59. The fourth-order valence-corrected chi connectivity index (χ4v) is 3.33. The highest BCUT2D eigenvalue weighted by molar-refractivity contribution is 7.98. The zero-order valence-corrected chi connectivity index (χ0v) is 13.4. The molecule has 0 fully saturated rings. The van der Waals surface area contributed by atoms with Gasteiger partial charge in [-0.2, -0.15) is 11.8 Å². The zero-order valence-electron chi connectivity index (χ0n) is 11.8. The highest BCUT2D eigenvalue weighted by Gasteiger charge is 2.21. The average molecular weight is 295 g/mol. The van der Waals surface area contributed by atoms with Gasteiger partial charge in [0.25, 0.3) is 0 Å². The van der Waals surface area contributed by atoms with Crippen molar-refractivity contribution in [1.82, 2.24) is 4.98 Å². The van der Waals surface area contributed by atoms with E-state index in [0.29, 0.717) is 11.0 Å². The fourth-order valence-electron chi connectivity index (χ4n) is 2.47. The molecule has 0 bridgehead atoms. The number of thiocarbonyl (C=S) groups is 1. The molecule has 104 valence electrons. The predicted molar refractivity (Wildman–Crippen MR) is 88.4 cm³/mol. The summed E-state index contributed by atoms with van der Waals surface area (Å²) in [5.41, 5.74) is 9.34. The summed E-state index contributed by atoms with van der Waals surface area (Å²) in [5.74, 6) is 2.00. The van der Waals surface area contributed by atoms with E-state index in [9.17, 15) is 0 Å². The second-order valence-corrected chi connectivity index (χ2v) is 6.45. The summed E-state index contributed by atoms with van der Waals surface area (Å²) >= 11 is 7.04. The number of aromatic nitrogens is 1. The number of hydrogen-bond donors (Lipinski definition) is 1. The van der Waals surface area contributed by atoms with Gasteiger partial charge in [-0.05, 0) is 44.1 Å². The monoisotopic (exact) mass is 295 g/mol. The molecule has 2 rings (SSSR count). The minimum atomic E-state index is 0.412. The molecule has 1 aromatic rings. The highest BCUT2D eigenvalue weighted by Crippen LogP contribution is 2.28. The van der Waals surface area contributed by atoms with Crippen LogP contribution in [0.5, 0.6) is 0 Å². The normalized spacial score (nSPS) is 15.1. The highest BCUT2D eigenvalue weighted by atomic mass is 32.2. The standard InChI is InChI=1S/C14H21N3S2/c1-9(8-19-3)17(2)14-11(13(15)18)7-10-5-4-6-12(10)16-14/h7,9H,4-6,8H2,1-3H3,(H2,15,18). The molecule has 0 saturated carbocycles. The van der Waals surface area contributed by atoms with Gasteiger partial charge in [-0.1, -0.05) is 12.2 Å². The summed E-state index contributed by atoms with van der Waals surface area (Å²) in [6.07, 6.45) is 5.48. The molecule has 0 spiro atoms. The van der Waals surface area contributed by atoms with Gasteiger partial charge in [-0.3, -0.25) is 0 Å². The van der Waals surface area contributed by atoms with E-state index in [0.717, 1.165) is 30.0 Å². The first kappa shape index (κ1) is 14.6. The van der Waals surface area contributed by atoms with E-state index < -0.39 is 0 Å². The maximum atomic E-state index is 5.88. The number of aryl methyl sites for hydroxylation is 2. The van der Waals surface area contributed by atoms with Crippen LogP contribution in [0.1, 0.15) is 30.2 Å². The summed E-state index contributed by atoms with van der Waals surface area (Å²) in [7, 11) is 2.08. The van der Waals surface area contributed by atoms with Gasteiger partial charge in [0, 0.05) is 24.5 Å². The molecule has 0 aliphatic heterocycles. The Bertz CT molecular complexity index is 488. The lowest BCUT2D eigenvalue weighted by atomic mass is 10.1. The molecule has 0 radical (unpaired) electrons. The van der Waals surface area contributed by atoms with Crippen LogP contribution in [0.4, 0.5) is 5.82 Å². The summed E-state index contributed by atoms with van der Waals surface area (Å²) in [6, 6.07) is 2.56. The maximum absolute atomic E-state index is 5.88. The van der Waals surface area contributed by atoms with Crippen LogP contribution in [0.25, 0.3) is 0 Å². The van der Waals surface area contributed by atoms with Gasteiger partial charge in [0.05, 0.1) is 5.56 Å². The maximum Gasteiger partial charge on any atom is 0.139 e. The van der Waals surface area contributed by atoms with Crippen LogP contribution in [0.15, 0.2) is 6.07 Å². The zero-order chi connectivity index (χ0) is 14.0. The van der Waals surface area contributed by atoms with Crippen LogP contribution in [0.3, 0.4) is 0 Å². The minimum absolute atomic E-state index is 0.412. The van der Waals surface area contributed by atoms with Crippen molar-refractivity contribution in [2.24, 2.45) is 5.73 Å². The molecular formula is C14H21N3S2. The van der Waals surface area contributed by atoms with Gasteiger partial charge >= 0.3 is 0 Å². The number of pyridine rings is 1. The van der Waals surface area contributed by atoms with Crippen molar-refractivity contribution in [2.75, 3.05) is 24.0 Å². The number of hydrogen-bond acceptors (Lipinski definition) is 4. The lowest BCUT2D eigenvalue weighted by molar-refractivity contribution is 0.749. The Labute approximate surface area is 125 Å². The van der Waals surface area contributed by atoms with E-state index in [1.54, 1.807) is 0 Å². The number of thioether (sulfide) groups is 1. The van der Waals surface area contributed by atoms with Crippen molar-refractivity contribution in [3.63, 3.8) is 0 Å². The van der Waals surface area contributed by atoms with Crippen molar-refractivity contribution in [1.29, 1.82) is 0 Å². The molecule has 1 aromatic heterocycles. The second kappa shape index (κ2) is 6.09. The van der Waals surface area contributed by atoms with Crippen LogP contribution < -0.4 is 10.6 Å². The minimum Gasteiger partial charge on any atom is -0.389 e. The van der Waals surface area contributed by atoms with E-state index in [1.807, 2.05) is 11.8 Å². The van der Waals surface area contributed by atoms with Gasteiger partial charge in [0.1, 0.15) is 10.8 Å². The molecule has 0 saturated heterocycles. The summed E-state index contributed by atoms with van der Waals surface area (Å²) < 4.78 is 0. The van der Waals surface area contributed by atoms with Crippen molar-refractivity contribution in [3.05, 3.63) is 22.9 Å². The second-order valence-electron chi connectivity index (χ2n) is 5.10. The quantitative estimate of drug-likeness (QED) is 0.845. The van der Waals surface area contributed by atoms with Crippen molar-refractivity contribution < 1.29 is 0 Å². The molecular weight excluding hydrogens is 274 g/mol. The van der Waals surface area contributed by atoms with Gasteiger partial charge in [0.2, 0.25) is 0 Å². The van der Waals surface area contributed by atoms with Crippen LogP contribution in [-0.2, 0) is 12.8 Å². The van der Waals surface area contributed by atoms with E-state index >= 15 is 0 Å². The molecule has 1 heterocycles. The Kier molecular flexibility index (Phi) is 4.68. The van der Waals surface area contributed by atoms with Crippen LogP contribution >= 0.6 is 24.0 Å². The number of nitrogens with zero attached hydrogens (tertiary/aromatic N) is 2. The van der Waals surface area contributed by atoms with Crippen molar-refractivity contribution in [2.45, 2.75) is 32.2 Å². The number of nitrogens with two attached hydrogens (primary N) is 1. The Morgan fingerprint density at radius 2 is 2.32 bits per heavy atom. The third-order valence-corrected chi connectivity index (χ3v) is 4.73. The summed E-state index contributed by atoms with van der Waals surface area (Å²) in [4.78, 5) is 7.47. The van der Waals surface area contributed by atoms with Gasteiger partial charge in [-0.25, -0.2) is 4.98 Å². The van der Waals surface area contributed by atoms with Gasteiger partial charge < -0.3 is 10.6 Å². The predicted octanol–water partition coefficient (Wildman–Crippen LogP) is 2.39. The molecule has 3 nitrogen and oxygen atoms in total. The Hall–Kier alpha value is -0.810. The Morgan fingerprint density at radius 1 is 1.58 bits per heavy atom. The molecule has 1 unspecified atom stereocenters. The number of anilines is 1. The first-order chi connectivity index (χ1) is 9.04. The van der Waals surface area contributed by atoms with E-state index in [1.165, 1.54) is 17.7 Å². The molecule has 1 aliphatic rings. The van der Waals surface area contributed by atoms with Crippen LogP contribution in [0, 0.1) is 0 Å². The van der Waals surface area contributed by atoms with Crippen molar-refractivity contribution >= 4 is 34.8 Å². The molecule has 0 aromatic carbocycles. The Morgan fingerprint density at radius 3 is 2.95 bits per heavy atom.